The van der Waals surface area contributed by atoms with E-state index in [9.17, 15) is 13.2 Å². The van der Waals surface area contributed by atoms with E-state index in [0.717, 1.165) is 16.7 Å². The molecule has 192 valence electrons. The number of furan rings is 1. The van der Waals surface area contributed by atoms with Gasteiger partial charge in [-0.3, -0.25) is 4.79 Å². The van der Waals surface area contributed by atoms with Gasteiger partial charge in [0, 0.05) is 20.1 Å². The van der Waals surface area contributed by atoms with Crippen molar-refractivity contribution in [3.05, 3.63) is 70.0 Å². The lowest BCUT2D eigenvalue weighted by Gasteiger charge is -2.33. The van der Waals surface area contributed by atoms with E-state index < -0.39 is 15.9 Å². The average Bonchev–Trinajstić information content (AvgIpc) is 3.47. The zero-order chi connectivity index (χ0) is 26.0. The van der Waals surface area contributed by atoms with Crippen LogP contribution in [0.2, 0.25) is 0 Å². The normalized spacial score (nSPS) is 17.1. The summed E-state index contributed by atoms with van der Waals surface area (Å²) in [6.07, 6.45) is 6.34. The standard InChI is InChI=1S/C27H33N3O5S/c1-18-14-19(2)24(20(3)15-18)10-11-25-26(21(4)28-35-25)36(32,33)30-12-6-8-22(16-30)27(31)29(5)17-23-9-7-13-34-23/h7,9-11,13-15,22H,6,8,12,16-17H2,1-5H3. The second-order valence-electron chi connectivity index (χ2n) is 9.58. The van der Waals surface area contributed by atoms with Crippen molar-refractivity contribution in [2.75, 3.05) is 20.1 Å². The van der Waals surface area contributed by atoms with E-state index >= 15 is 0 Å². The number of piperidine rings is 1. The van der Waals surface area contributed by atoms with Crippen LogP contribution < -0.4 is 0 Å². The van der Waals surface area contributed by atoms with E-state index in [-0.39, 0.29) is 23.1 Å². The molecule has 2 aromatic heterocycles. The Hall–Kier alpha value is -3.17. The van der Waals surface area contributed by atoms with Crippen LogP contribution in [0.15, 0.2) is 44.4 Å². The quantitative estimate of drug-likeness (QED) is 0.455. The minimum Gasteiger partial charge on any atom is -0.467 e. The molecule has 0 bridgehead atoms. The van der Waals surface area contributed by atoms with Gasteiger partial charge in [0.15, 0.2) is 10.7 Å². The first-order valence-electron chi connectivity index (χ1n) is 12.1. The number of hydrogen-bond donors (Lipinski definition) is 0. The van der Waals surface area contributed by atoms with Gasteiger partial charge in [0.05, 0.1) is 18.7 Å². The summed E-state index contributed by atoms with van der Waals surface area (Å²) in [7, 11) is -2.21. The van der Waals surface area contributed by atoms with Crippen LogP contribution in [0, 0.1) is 33.6 Å². The molecule has 0 spiro atoms. The first-order valence-corrected chi connectivity index (χ1v) is 13.5. The Kier molecular flexibility index (Phi) is 7.51. The fourth-order valence-corrected chi connectivity index (χ4v) is 6.70. The Morgan fingerprint density at radius 1 is 1.19 bits per heavy atom. The molecule has 1 amide bonds. The van der Waals surface area contributed by atoms with Crippen molar-refractivity contribution >= 4 is 28.1 Å². The second kappa shape index (κ2) is 10.4. The van der Waals surface area contributed by atoms with Gasteiger partial charge in [-0.25, -0.2) is 8.42 Å². The monoisotopic (exact) mass is 511 g/mol. The second-order valence-corrected chi connectivity index (χ2v) is 11.5. The molecule has 1 aromatic carbocycles. The third kappa shape index (κ3) is 5.32. The molecule has 9 heteroatoms. The lowest BCUT2D eigenvalue weighted by atomic mass is 9.98. The van der Waals surface area contributed by atoms with Gasteiger partial charge in [0.1, 0.15) is 11.5 Å². The smallest absolute Gasteiger partial charge is 0.248 e. The Balaban J connectivity index is 1.55. The molecule has 1 aliphatic heterocycles. The van der Waals surface area contributed by atoms with Crippen molar-refractivity contribution in [3.63, 3.8) is 0 Å². The van der Waals surface area contributed by atoms with Crippen LogP contribution in [0.25, 0.3) is 12.2 Å². The van der Waals surface area contributed by atoms with E-state index in [1.807, 2.05) is 32.9 Å². The third-order valence-corrected chi connectivity index (χ3v) is 8.68. The van der Waals surface area contributed by atoms with Crippen LogP contribution in [0.5, 0.6) is 0 Å². The highest BCUT2D eigenvalue weighted by Crippen LogP contribution is 2.30. The van der Waals surface area contributed by atoms with Gasteiger partial charge in [-0.2, -0.15) is 4.31 Å². The number of sulfonamides is 1. The number of carbonyl (C=O) groups excluding carboxylic acids is 1. The van der Waals surface area contributed by atoms with Crippen LogP contribution >= 0.6 is 0 Å². The molecule has 8 nitrogen and oxygen atoms in total. The summed E-state index contributed by atoms with van der Waals surface area (Å²) in [5.74, 6) is 0.348. The van der Waals surface area contributed by atoms with Crippen molar-refractivity contribution in [1.82, 2.24) is 14.4 Å². The fraction of sp³-hybridized carbons (Fsp3) is 0.407. The van der Waals surface area contributed by atoms with E-state index in [2.05, 4.69) is 17.3 Å². The van der Waals surface area contributed by atoms with E-state index in [1.165, 1.54) is 9.87 Å². The number of aromatic nitrogens is 1. The van der Waals surface area contributed by atoms with Crippen LogP contribution in [-0.2, 0) is 21.4 Å². The summed E-state index contributed by atoms with van der Waals surface area (Å²) in [6, 6.07) is 7.76. The van der Waals surface area contributed by atoms with Crippen LogP contribution in [0.3, 0.4) is 0 Å². The molecular formula is C27H33N3O5S. The SMILES string of the molecule is Cc1cc(C)c(C=Cc2onc(C)c2S(=O)(=O)N2CCCC(C(=O)N(C)Cc3ccco3)C2)c(C)c1. The van der Waals surface area contributed by atoms with Crippen molar-refractivity contribution in [2.45, 2.75) is 52.0 Å². The maximum absolute atomic E-state index is 13.7. The maximum Gasteiger partial charge on any atom is 0.248 e. The topological polar surface area (TPSA) is 96.9 Å². The Morgan fingerprint density at radius 3 is 2.58 bits per heavy atom. The van der Waals surface area contributed by atoms with Crippen LogP contribution in [-0.4, -0.2) is 48.8 Å². The summed E-state index contributed by atoms with van der Waals surface area (Å²) in [5.41, 5.74) is 4.68. The number of hydrogen-bond acceptors (Lipinski definition) is 6. The number of carbonyl (C=O) groups is 1. The van der Waals surface area contributed by atoms with Crippen LogP contribution in [0.1, 0.15) is 52.3 Å². The molecule has 1 aliphatic rings. The molecule has 4 rings (SSSR count). The van der Waals surface area contributed by atoms with E-state index in [4.69, 9.17) is 8.94 Å². The summed E-state index contributed by atoms with van der Waals surface area (Å²) in [6.45, 7) is 8.52. The van der Waals surface area contributed by atoms with Crippen molar-refractivity contribution in [3.8, 4) is 0 Å². The number of benzene rings is 1. The molecule has 1 unspecified atom stereocenters. The highest BCUT2D eigenvalue weighted by molar-refractivity contribution is 7.89. The zero-order valence-corrected chi connectivity index (χ0v) is 22.3. The Labute approximate surface area is 212 Å². The summed E-state index contributed by atoms with van der Waals surface area (Å²) >= 11 is 0. The molecule has 3 heterocycles. The first-order chi connectivity index (χ1) is 17.1. The lowest BCUT2D eigenvalue weighted by Crippen LogP contribution is -2.45. The largest absolute Gasteiger partial charge is 0.467 e. The van der Waals surface area contributed by atoms with Gasteiger partial charge in [-0.1, -0.05) is 28.9 Å². The van der Waals surface area contributed by atoms with Gasteiger partial charge in [0.25, 0.3) is 0 Å². The Morgan fingerprint density at radius 2 is 1.92 bits per heavy atom. The molecule has 1 atom stereocenters. The Bertz CT molecular complexity index is 1350. The highest BCUT2D eigenvalue weighted by atomic mass is 32.2. The fourth-order valence-electron chi connectivity index (χ4n) is 4.93. The minimum atomic E-state index is -3.92. The number of nitrogens with zero attached hydrogens (tertiary/aromatic N) is 3. The minimum absolute atomic E-state index is 0.0539. The summed E-state index contributed by atoms with van der Waals surface area (Å²) in [5, 5.41) is 3.96. The van der Waals surface area contributed by atoms with Crippen molar-refractivity contribution in [2.24, 2.45) is 5.92 Å². The predicted molar refractivity (Wildman–Crippen MR) is 137 cm³/mol. The van der Waals surface area contributed by atoms with Gasteiger partial charge in [-0.15, -0.1) is 0 Å². The molecule has 36 heavy (non-hydrogen) atoms. The summed E-state index contributed by atoms with van der Waals surface area (Å²) in [4.78, 5) is 14.7. The summed E-state index contributed by atoms with van der Waals surface area (Å²) < 4.78 is 39.6. The highest BCUT2D eigenvalue weighted by Gasteiger charge is 2.37. The lowest BCUT2D eigenvalue weighted by molar-refractivity contribution is -0.136. The van der Waals surface area contributed by atoms with Gasteiger partial charge in [0.2, 0.25) is 15.9 Å². The number of aryl methyl sites for hydroxylation is 4. The number of amides is 1. The molecular weight excluding hydrogens is 478 g/mol. The predicted octanol–water partition coefficient (Wildman–Crippen LogP) is 4.73. The molecule has 0 saturated carbocycles. The van der Waals surface area contributed by atoms with E-state index in [1.54, 1.807) is 37.3 Å². The first kappa shape index (κ1) is 25.9. The van der Waals surface area contributed by atoms with Crippen LogP contribution in [0.4, 0.5) is 0 Å². The molecule has 1 fully saturated rings. The zero-order valence-electron chi connectivity index (χ0n) is 21.4. The van der Waals surface area contributed by atoms with Gasteiger partial charge < -0.3 is 13.8 Å². The molecule has 0 radical (unpaired) electrons. The maximum atomic E-state index is 13.7. The van der Waals surface area contributed by atoms with Crippen molar-refractivity contribution < 1.29 is 22.2 Å². The molecule has 0 N–H and O–H groups in total. The van der Waals surface area contributed by atoms with Gasteiger partial charge in [-0.05, 0) is 75.4 Å². The third-order valence-electron chi connectivity index (χ3n) is 6.65. The molecule has 3 aromatic rings. The van der Waals surface area contributed by atoms with Crippen molar-refractivity contribution in [1.29, 1.82) is 0 Å². The van der Waals surface area contributed by atoms with E-state index in [0.29, 0.717) is 37.4 Å². The average molecular weight is 512 g/mol. The number of rotatable bonds is 7. The van der Waals surface area contributed by atoms with Gasteiger partial charge >= 0.3 is 0 Å². The molecule has 1 saturated heterocycles. The molecule has 0 aliphatic carbocycles.